The van der Waals surface area contributed by atoms with Crippen LogP contribution >= 0.6 is 34.8 Å². The normalized spacial score (nSPS) is 10.9. The number of benzene rings is 3. The van der Waals surface area contributed by atoms with Gasteiger partial charge in [0.15, 0.2) is 5.96 Å². The van der Waals surface area contributed by atoms with E-state index in [9.17, 15) is 0 Å². The van der Waals surface area contributed by atoms with Crippen LogP contribution in [0.2, 0.25) is 15.1 Å². The van der Waals surface area contributed by atoms with Crippen molar-refractivity contribution in [1.82, 2.24) is 4.98 Å². The molecule has 9 heteroatoms. The molecule has 0 fully saturated rings. The Labute approximate surface area is 194 Å². The first-order valence-electron chi connectivity index (χ1n) is 9.45. The zero-order valence-electron chi connectivity index (χ0n) is 16.3. The van der Waals surface area contributed by atoms with Gasteiger partial charge in [-0.25, -0.2) is 4.98 Å². The highest BCUT2D eigenvalue weighted by molar-refractivity contribution is 6.42. The molecule has 0 aliphatic carbocycles. The standard InChI is InChI=1S/C22H19Cl3N6/c23-12-1-5-19-15(9-12)21(28-7-8-29-22(26)27)16-10-13(3-6-20(16)31-19)30-14-2-4-17(24)18(25)11-14/h1-6,9-11,30H,7-8H2,(H,28,31)(H4,26,27,29). The van der Waals surface area contributed by atoms with Crippen molar-refractivity contribution in [3.05, 3.63) is 69.7 Å². The van der Waals surface area contributed by atoms with Crippen molar-refractivity contribution < 1.29 is 0 Å². The molecule has 31 heavy (non-hydrogen) atoms. The molecule has 1 heterocycles. The van der Waals surface area contributed by atoms with Crippen LogP contribution in [0.5, 0.6) is 0 Å². The van der Waals surface area contributed by atoms with Crippen LogP contribution in [0.1, 0.15) is 0 Å². The molecule has 0 spiro atoms. The van der Waals surface area contributed by atoms with E-state index < -0.39 is 0 Å². The number of aliphatic imine (C=N–C) groups is 1. The second kappa shape index (κ2) is 9.06. The third-order valence-corrected chi connectivity index (χ3v) is 5.63. The van der Waals surface area contributed by atoms with Gasteiger partial charge in [-0.05, 0) is 54.6 Å². The van der Waals surface area contributed by atoms with E-state index in [2.05, 4.69) is 15.6 Å². The quantitative estimate of drug-likeness (QED) is 0.123. The van der Waals surface area contributed by atoms with E-state index in [1.165, 1.54) is 0 Å². The topological polar surface area (TPSA) is 101 Å². The molecule has 4 aromatic rings. The first kappa shape index (κ1) is 21.3. The fourth-order valence-corrected chi connectivity index (χ4v) is 3.76. The average Bonchev–Trinajstić information content (AvgIpc) is 2.73. The summed E-state index contributed by atoms with van der Waals surface area (Å²) in [5, 5.41) is 10.3. The molecule has 1 aromatic heterocycles. The maximum absolute atomic E-state index is 6.26. The lowest BCUT2D eigenvalue weighted by Crippen LogP contribution is -2.24. The van der Waals surface area contributed by atoms with Crippen LogP contribution in [-0.2, 0) is 0 Å². The molecule has 0 aliphatic rings. The Bertz CT molecular complexity index is 1300. The molecular formula is C22H19Cl3N6. The zero-order valence-corrected chi connectivity index (χ0v) is 18.6. The van der Waals surface area contributed by atoms with Gasteiger partial charge >= 0.3 is 0 Å². The van der Waals surface area contributed by atoms with E-state index in [4.69, 9.17) is 51.3 Å². The van der Waals surface area contributed by atoms with Gasteiger partial charge in [0.25, 0.3) is 0 Å². The number of guanidine groups is 1. The highest BCUT2D eigenvalue weighted by atomic mass is 35.5. The smallest absolute Gasteiger partial charge is 0.185 e. The minimum atomic E-state index is 0.0578. The molecule has 0 amide bonds. The molecule has 0 saturated heterocycles. The molecule has 6 nitrogen and oxygen atoms in total. The molecule has 0 bridgehead atoms. The molecule has 6 N–H and O–H groups in total. The summed E-state index contributed by atoms with van der Waals surface area (Å²) >= 11 is 18.4. The summed E-state index contributed by atoms with van der Waals surface area (Å²) in [4.78, 5) is 8.82. The van der Waals surface area contributed by atoms with Crippen LogP contribution in [0.4, 0.5) is 17.1 Å². The summed E-state index contributed by atoms with van der Waals surface area (Å²) in [7, 11) is 0. The van der Waals surface area contributed by atoms with Crippen molar-refractivity contribution in [3.8, 4) is 0 Å². The maximum Gasteiger partial charge on any atom is 0.185 e. The van der Waals surface area contributed by atoms with Crippen LogP contribution in [-0.4, -0.2) is 24.0 Å². The monoisotopic (exact) mass is 472 g/mol. The number of rotatable bonds is 6. The van der Waals surface area contributed by atoms with E-state index in [-0.39, 0.29) is 5.96 Å². The minimum Gasteiger partial charge on any atom is -0.382 e. The third-order valence-electron chi connectivity index (χ3n) is 4.65. The molecule has 0 unspecified atom stereocenters. The first-order valence-corrected chi connectivity index (χ1v) is 10.6. The van der Waals surface area contributed by atoms with Crippen molar-refractivity contribution in [1.29, 1.82) is 0 Å². The molecule has 0 saturated carbocycles. The van der Waals surface area contributed by atoms with Gasteiger partial charge < -0.3 is 22.1 Å². The summed E-state index contributed by atoms with van der Waals surface area (Å²) in [5.41, 5.74) is 15.2. The number of fused-ring (bicyclic) bond motifs is 2. The summed E-state index contributed by atoms with van der Waals surface area (Å²) in [5.74, 6) is 0.0578. The molecule has 158 valence electrons. The van der Waals surface area contributed by atoms with Gasteiger partial charge in [-0.2, -0.15) is 0 Å². The van der Waals surface area contributed by atoms with Crippen LogP contribution in [0.25, 0.3) is 21.8 Å². The lowest BCUT2D eigenvalue weighted by atomic mass is 10.1. The third kappa shape index (κ3) is 4.88. The van der Waals surface area contributed by atoms with Crippen LogP contribution in [0, 0.1) is 0 Å². The van der Waals surface area contributed by atoms with Crippen molar-refractivity contribution in [2.45, 2.75) is 0 Å². The largest absolute Gasteiger partial charge is 0.382 e. The fraction of sp³-hybridized carbons (Fsp3) is 0.0909. The summed E-state index contributed by atoms with van der Waals surface area (Å²) in [6.07, 6.45) is 0. The van der Waals surface area contributed by atoms with Gasteiger partial charge in [-0.15, -0.1) is 0 Å². The fourth-order valence-electron chi connectivity index (χ4n) is 3.29. The molecule has 4 rings (SSSR count). The summed E-state index contributed by atoms with van der Waals surface area (Å²) < 4.78 is 0. The lowest BCUT2D eigenvalue weighted by Gasteiger charge is -2.15. The Morgan fingerprint density at radius 2 is 1.52 bits per heavy atom. The van der Waals surface area contributed by atoms with E-state index in [0.29, 0.717) is 28.2 Å². The molecule has 0 radical (unpaired) electrons. The number of nitrogens with two attached hydrogens (primary N) is 2. The maximum atomic E-state index is 6.26. The number of hydrogen-bond donors (Lipinski definition) is 4. The van der Waals surface area contributed by atoms with Crippen molar-refractivity contribution in [2.75, 3.05) is 23.7 Å². The van der Waals surface area contributed by atoms with Gasteiger partial charge in [0.1, 0.15) is 0 Å². The highest BCUT2D eigenvalue weighted by Crippen LogP contribution is 2.35. The second-order valence-corrected chi connectivity index (χ2v) is 8.12. The van der Waals surface area contributed by atoms with Crippen molar-refractivity contribution in [2.24, 2.45) is 16.5 Å². The van der Waals surface area contributed by atoms with Crippen molar-refractivity contribution in [3.63, 3.8) is 0 Å². The Kier molecular flexibility index (Phi) is 6.23. The molecule has 0 atom stereocenters. The van der Waals surface area contributed by atoms with Gasteiger partial charge in [0, 0.05) is 33.7 Å². The molecule has 3 aromatic carbocycles. The van der Waals surface area contributed by atoms with Crippen LogP contribution in [0.3, 0.4) is 0 Å². The molecule has 0 aliphatic heterocycles. The van der Waals surface area contributed by atoms with Gasteiger partial charge in [-0.3, -0.25) is 4.99 Å². The zero-order chi connectivity index (χ0) is 22.0. The number of nitrogens with zero attached hydrogens (tertiary/aromatic N) is 2. The van der Waals surface area contributed by atoms with Crippen LogP contribution in [0.15, 0.2) is 59.6 Å². The Morgan fingerprint density at radius 3 is 2.26 bits per heavy atom. The van der Waals surface area contributed by atoms with E-state index in [0.717, 1.165) is 38.9 Å². The van der Waals surface area contributed by atoms with Gasteiger partial charge in [-0.1, -0.05) is 34.8 Å². The van der Waals surface area contributed by atoms with E-state index in [1.807, 2.05) is 42.5 Å². The number of pyridine rings is 1. The Balaban J connectivity index is 1.77. The average molecular weight is 474 g/mol. The SMILES string of the molecule is NC(N)=NCCNc1c2cc(Cl)ccc2nc2ccc(Nc3ccc(Cl)c(Cl)c3)cc12. The lowest BCUT2D eigenvalue weighted by molar-refractivity contribution is 1.02. The predicted molar refractivity (Wildman–Crippen MR) is 133 cm³/mol. The predicted octanol–water partition coefficient (Wildman–Crippen LogP) is 5.78. The Hall–Kier alpha value is -2.93. The van der Waals surface area contributed by atoms with Crippen LogP contribution < -0.4 is 22.1 Å². The number of aromatic nitrogens is 1. The Morgan fingerprint density at radius 1 is 0.839 bits per heavy atom. The van der Waals surface area contributed by atoms with E-state index >= 15 is 0 Å². The second-order valence-electron chi connectivity index (χ2n) is 6.87. The minimum absolute atomic E-state index is 0.0578. The number of hydrogen-bond acceptors (Lipinski definition) is 4. The summed E-state index contributed by atoms with van der Waals surface area (Å²) in [6, 6.07) is 17.0. The van der Waals surface area contributed by atoms with Gasteiger partial charge in [0.2, 0.25) is 0 Å². The van der Waals surface area contributed by atoms with Crippen molar-refractivity contribution >= 4 is 79.6 Å². The van der Waals surface area contributed by atoms with Gasteiger partial charge in [0.05, 0.1) is 33.3 Å². The number of halogens is 3. The summed E-state index contributed by atoms with van der Waals surface area (Å²) in [6.45, 7) is 0.985. The van der Waals surface area contributed by atoms with E-state index in [1.54, 1.807) is 12.1 Å². The highest BCUT2D eigenvalue weighted by Gasteiger charge is 2.11. The first-order chi connectivity index (χ1) is 14.9. The number of anilines is 3. The number of nitrogens with one attached hydrogen (secondary N) is 2. The molecular weight excluding hydrogens is 455 g/mol.